The van der Waals surface area contributed by atoms with E-state index in [2.05, 4.69) is 31.9 Å². The largest absolute Gasteiger partial charge is 0.508 e. The first-order valence-electron chi connectivity index (χ1n) is 24.0. The highest BCUT2D eigenvalue weighted by Crippen LogP contribution is 2.21. The van der Waals surface area contributed by atoms with E-state index in [9.17, 15) is 68.7 Å². The summed E-state index contributed by atoms with van der Waals surface area (Å²) in [5.41, 5.74) is 17.7. The van der Waals surface area contributed by atoms with Gasteiger partial charge >= 0.3 is 5.97 Å². The van der Waals surface area contributed by atoms with Crippen molar-refractivity contribution in [3.63, 3.8) is 0 Å². The number of nitrogens with two attached hydrogens (primary N) is 3. The molecule has 72 heavy (non-hydrogen) atoms. The number of aliphatic hydroxyl groups is 2. The third-order valence-corrected chi connectivity index (χ3v) is 12.4. The smallest absolute Gasteiger partial charge is 0.326 e. The van der Waals surface area contributed by atoms with Crippen molar-refractivity contribution in [3.05, 3.63) is 59.7 Å². The first-order valence-corrected chi connectivity index (χ1v) is 24.0. The number of phenols is 2. The summed E-state index contributed by atoms with van der Waals surface area (Å²) in [6.45, 7) is 6.04. The lowest BCUT2D eigenvalue weighted by molar-refractivity contribution is -0.145. The van der Waals surface area contributed by atoms with Crippen LogP contribution in [0.2, 0.25) is 0 Å². The van der Waals surface area contributed by atoms with Crippen molar-refractivity contribution in [2.75, 3.05) is 13.1 Å². The zero-order chi connectivity index (χ0) is 53.8. The van der Waals surface area contributed by atoms with Crippen molar-refractivity contribution in [2.45, 2.75) is 152 Å². The predicted octanol–water partition coefficient (Wildman–Crippen LogP) is -2.60. The Labute approximate surface area is 417 Å². The van der Waals surface area contributed by atoms with Crippen LogP contribution in [0.5, 0.6) is 11.5 Å². The van der Waals surface area contributed by atoms with Crippen LogP contribution < -0.4 is 49.1 Å². The number of primary amides is 1. The molecule has 2 aromatic rings. The van der Waals surface area contributed by atoms with Gasteiger partial charge in [-0.15, -0.1) is 0 Å². The summed E-state index contributed by atoms with van der Waals surface area (Å²) in [6.07, 6.45) is -2.28. The van der Waals surface area contributed by atoms with Crippen LogP contribution in [0, 0.1) is 5.92 Å². The fourth-order valence-corrected chi connectivity index (χ4v) is 7.87. The van der Waals surface area contributed by atoms with Crippen LogP contribution in [0.4, 0.5) is 0 Å². The Hall–Kier alpha value is -6.89. The van der Waals surface area contributed by atoms with E-state index in [-0.39, 0.29) is 69.5 Å². The molecule has 1 fully saturated rings. The normalized spacial score (nSPS) is 17.5. The molecule has 0 radical (unpaired) electrons. The van der Waals surface area contributed by atoms with Gasteiger partial charge in [0.05, 0.1) is 18.2 Å². The van der Waals surface area contributed by atoms with Crippen LogP contribution >= 0.6 is 0 Å². The van der Waals surface area contributed by atoms with E-state index in [1.165, 1.54) is 62.4 Å². The van der Waals surface area contributed by atoms with Gasteiger partial charge in [0.2, 0.25) is 47.3 Å². The number of aromatic hydroxyl groups is 2. The number of aliphatic hydroxyl groups excluding tert-OH is 2. The molecule has 24 nitrogen and oxygen atoms in total. The van der Waals surface area contributed by atoms with Crippen molar-refractivity contribution in [2.24, 2.45) is 23.1 Å². The summed E-state index contributed by atoms with van der Waals surface area (Å²) in [5.74, 6) is -8.83. The van der Waals surface area contributed by atoms with Crippen LogP contribution in [-0.4, -0.2) is 157 Å². The number of carbonyl (C=O) groups is 9. The minimum Gasteiger partial charge on any atom is -0.508 e. The third kappa shape index (κ3) is 18.4. The van der Waals surface area contributed by atoms with Gasteiger partial charge in [-0.25, -0.2) is 4.79 Å². The van der Waals surface area contributed by atoms with E-state index in [1.54, 1.807) is 13.8 Å². The second kappa shape index (κ2) is 28.8. The fraction of sp³-hybridized carbons (Fsp3) is 0.562. The Morgan fingerprint density at radius 3 is 1.67 bits per heavy atom. The number of likely N-dealkylation sites (tertiary alicyclic amines) is 1. The number of hydrogen-bond donors (Lipinski definition) is 14. The zero-order valence-corrected chi connectivity index (χ0v) is 41.0. The first-order chi connectivity index (χ1) is 34.0. The number of hydrogen-bond acceptors (Lipinski definition) is 15. The van der Waals surface area contributed by atoms with E-state index in [0.29, 0.717) is 30.4 Å². The molecule has 1 aliphatic rings. The number of amides is 8. The van der Waals surface area contributed by atoms with Crippen molar-refractivity contribution < 1.29 is 68.7 Å². The zero-order valence-electron chi connectivity index (χ0n) is 41.0. The quantitative estimate of drug-likeness (QED) is 0.0372. The number of carboxylic acids is 1. The second-order valence-corrected chi connectivity index (χ2v) is 18.2. The van der Waals surface area contributed by atoms with Crippen LogP contribution in [0.15, 0.2) is 48.5 Å². The number of phenolic OH excluding ortho intramolecular Hbond substituents is 2. The molecule has 0 aromatic heterocycles. The maximum Gasteiger partial charge on any atom is 0.326 e. The van der Waals surface area contributed by atoms with E-state index >= 15 is 0 Å². The van der Waals surface area contributed by atoms with Gasteiger partial charge in [-0.05, 0) is 100 Å². The number of aliphatic carboxylic acids is 1. The number of unbranched alkanes of at least 4 members (excludes halogenated alkanes) is 1. The molecule has 0 spiro atoms. The number of carbonyl (C=O) groups excluding carboxylic acids is 8. The molecule has 0 saturated carbocycles. The SMILES string of the molecule is CCC(C)C(NC(=O)C(N)CCC(N)=O)C(=O)NC(CCCCN)C(=O)NC(C(=O)NC(C(=O)N1CCCC1C(=O)NC(Cc1ccc(O)cc1)C(=O)NC(Cc1ccc(O)cc1)C(=O)O)C(C)O)C(C)O. The molecule has 11 atom stereocenters. The monoisotopic (exact) mass is 1010 g/mol. The van der Waals surface area contributed by atoms with Gasteiger partial charge in [0, 0.05) is 25.8 Å². The lowest BCUT2D eigenvalue weighted by atomic mass is 9.96. The topological polar surface area (TPSA) is 408 Å². The summed E-state index contributed by atoms with van der Waals surface area (Å²) in [5, 5.41) is 66.3. The van der Waals surface area contributed by atoms with Gasteiger partial charge in [-0.2, -0.15) is 0 Å². The summed E-state index contributed by atoms with van der Waals surface area (Å²) in [6, 6.07) is 0.0472. The molecule has 398 valence electrons. The number of benzene rings is 2. The number of rotatable bonds is 29. The molecule has 11 unspecified atom stereocenters. The molecule has 0 aliphatic carbocycles. The molecule has 0 bridgehead atoms. The van der Waals surface area contributed by atoms with Gasteiger partial charge in [-0.1, -0.05) is 44.5 Å². The highest BCUT2D eigenvalue weighted by molar-refractivity contribution is 5.98. The molecule has 8 amide bonds. The van der Waals surface area contributed by atoms with E-state index in [0.717, 1.165) is 4.90 Å². The van der Waals surface area contributed by atoms with Gasteiger partial charge < -0.3 is 79.5 Å². The van der Waals surface area contributed by atoms with Crippen molar-refractivity contribution in [1.82, 2.24) is 36.8 Å². The summed E-state index contributed by atoms with van der Waals surface area (Å²) >= 11 is 0. The number of nitrogens with zero attached hydrogens (tertiary/aromatic N) is 1. The molecule has 24 heteroatoms. The maximum absolute atomic E-state index is 14.2. The Balaban J connectivity index is 1.82. The maximum atomic E-state index is 14.2. The Bertz CT molecular complexity index is 2180. The molecule has 1 heterocycles. The average molecular weight is 1010 g/mol. The van der Waals surface area contributed by atoms with Gasteiger partial charge in [0.15, 0.2) is 0 Å². The summed E-state index contributed by atoms with van der Waals surface area (Å²) in [7, 11) is 0. The van der Waals surface area contributed by atoms with Crippen LogP contribution in [0.1, 0.15) is 90.2 Å². The highest BCUT2D eigenvalue weighted by Gasteiger charge is 2.42. The van der Waals surface area contributed by atoms with Gasteiger partial charge in [0.25, 0.3) is 0 Å². The third-order valence-electron chi connectivity index (χ3n) is 12.4. The standard InChI is InChI=1S/C48H72N10O14/c1-5-25(2)38(55-41(64)32(50)19-20-37(51)63)45(68)52-33(9-6-7-21-49)42(65)56-39(26(3)59)46(69)57-40(27(4)60)47(70)58-22-8-10-36(58)44(67)53-34(23-28-11-15-30(61)16-12-28)43(66)54-35(48(71)72)24-29-13-17-31(62)18-14-29/h11-18,25-27,32-36,38-40,59-62H,5-10,19-24,49-50H2,1-4H3,(H2,51,63)(H,52,68)(H,53,67)(H,54,66)(H,55,64)(H,56,65)(H,57,69)(H,71,72). The molecular weight excluding hydrogens is 941 g/mol. The predicted molar refractivity (Wildman–Crippen MR) is 260 cm³/mol. The molecule has 1 saturated heterocycles. The Morgan fingerprint density at radius 2 is 1.15 bits per heavy atom. The Morgan fingerprint density at radius 1 is 0.653 bits per heavy atom. The molecule has 17 N–H and O–H groups in total. The summed E-state index contributed by atoms with van der Waals surface area (Å²) in [4.78, 5) is 121. The van der Waals surface area contributed by atoms with E-state index in [4.69, 9.17) is 17.2 Å². The number of nitrogens with one attached hydrogen (secondary N) is 6. The highest BCUT2D eigenvalue weighted by atomic mass is 16.4. The van der Waals surface area contributed by atoms with Crippen molar-refractivity contribution in [1.29, 1.82) is 0 Å². The lowest BCUT2D eigenvalue weighted by Crippen LogP contribution is -2.63. The minimum absolute atomic E-state index is 0.00677. The number of carboxylic acid groups (broad SMARTS) is 1. The van der Waals surface area contributed by atoms with Crippen molar-refractivity contribution >= 4 is 53.2 Å². The van der Waals surface area contributed by atoms with Crippen LogP contribution in [-0.2, 0) is 56.0 Å². The van der Waals surface area contributed by atoms with Crippen molar-refractivity contribution in [3.8, 4) is 11.5 Å². The van der Waals surface area contributed by atoms with E-state index < -0.39 is 120 Å². The second-order valence-electron chi connectivity index (χ2n) is 18.2. The van der Waals surface area contributed by atoms with Crippen LogP contribution in [0.3, 0.4) is 0 Å². The summed E-state index contributed by atoms with van der Waals surface area (Å²) < 4.78 is 0. The molecule has 2 aromatic carbocycles. The average Bonchev–Trinajstić information content (AvgIpc) is 3.83. The first kappa shape index (κ1) is 59.4. The van der Waals surface area contributed by atoms with E-state index in [1.807, 2.05) is 0 Å². The molecule has 3 rings (SSSR count). The van der Waals surface area contributed by atoms with Crippen LogP contribution in [0.25, 0.3) is 0 Å². The van der Waals surface area contributed by atoms with Gasteiger partial charge in [0.1, 0.15) is 53.8 Å². The minimum atomic E-state index is -1.77. The van der Waals surface area contributed by atoms with Gasteiger partial charge in [-0.3, -0.25) is 38.4 Å². The molecular formula is C48H72N10O14. The molecule has 1 aliphatic heterocycles. The Kier molecular flexibility index (Phi) is 23.8. The fourth-order valence-electron chi connectivity index (χ4n) is 7.87. The lowest BCUT2D eigenvalue weighted by Gasteiger charge is -2.32.